The van der Waals surface area contributed by atoms with Gasteiger partial charge < -0.3 is 10.2 Å². The standard InChI is InChI=1S/C19H20N4O5/c1-13-17(22(25)26)11-14(12-18(13)23(27)28)19(24)20-15-7-9-21(10-8-15)16-5-3-2-4-6-16/h2-6,11-12,15H,7-10H2,1H3,(H,20,24). The molecule has 2 aromatic rings. The Labute approximate surface area is 161 Å². The molecule has 146 valence electrons. The van der Waals surface area contributed by atoms with Gasteiger partial charge in [0.2, 0.25) is 0 Å². The Kier molecular flexibility index (Phi) is 5.53. The smallest absolute Gasteiger partial charge is 0.279 e. The summed E-state index contributed by atoms with van der Waals surface area (Å²) in [6.07, 6.45) is 1.44. The Morgan fingerprint density at radius 3 is 2.07 bits per heavy atom. The van der Waals surface area contributed by atoms with E-state index in [0.717, 1.165) is 43.8 Å². The van der Waals surface area contributed by atoms with Crippen LogP contribution >= 0.6 is 0 Å². The number of hydrogen-bond donors (Lipinski definition) is 1. The number of rotatable bonds is 5. The van der Waals surface area contributed by atoms with Crippen LogP contribution in [0.25, 0.3) is 0 Å². The van der Waals surface area contributed by atoms with Crippen LogP contribution in [0.3, 0.4) is 0 Å². The summed E-state index contributed by atoms with van der Waals surface area (Å²) >= 11 is 0. The maximum absolute atomic E-state index is 12.6. The van der Waals surface area contributed by atoms with Crippen molar-refractivity contribution in [2.45, 2.75) is 25.8 Å². The number of benzene rings is 2. The molecule has 1 saturated heterocycles. The molecule has 1 fully saturated rings. The number of nitrogens with one attached hydrogen (secondary N) is 1. The number of nitrogens with zero attached hydrogens (tertiary/aromatic N) is 3. The molecule has 0 atom stereocenters. The van der Waals surface area contributed by atoms with Crippen LogP contribution in [0.15, 0.2) is 42.5 Å². The predicted molar refractivity (Wildman–Crippen MR) is 104 cm³/mol. The van der Waals surface area contributed by atoms with Crippen LogP contribution in [-0.4, -0.2) is 34.9 Å². The summed E-state index contributed by atoms with van der Waals surface area (Å²) in [7, 11) is 0. The number of carbonyl (C=O) groups excluding carboxylic acids is 1. The topological polar surface area (TPSA) is 119 Å². The van der Waals surface area contributed by atoms with Crippen molar-refractivity contribution in [3.05, 3.63) is 73.8 Å². The number of nitro benzene ring substituents is 2. The van der Waals surface area contributed by atoms with Crippen LogP contribution < -0.4 is 10.2 Å². The predicted octanol–water partition coefficient (Wildman–Crippen LogP) is 3.21. The van der Waals surface area contributed by atoms with Crippen molar-refractivity contribution in [1.82, 2.24) is 5.32 Å². The summed E-state index contributed by atoms with van der Waals surface area (Å²) in [4.78, 5) is 35.7. The van der Waals surface area contributed by atoms with Crippen molar-refractivity contribution >= 4 is 23.0 Å². The summed E-state index contributed by atoms with van der Waals surface area (Å²) in [5, 5.41) is 25.2. The molecule has 28 heavy (non-hydrogen) atoms. The zero-order valence-electron chi connectivity index (χ0n) is 15.3. The third-order valence-electron chi connectivity index (χ3n) is 4.96. The van der Waals surface area contributed by atoms with E-state index >= 15 is 0 Å². The number of nitro groups is 2. The van der Waals surface area contributed by atoms with Gasteiger partial charge in [0.05, 0.1) is 15.4 Å². The van der Waals surface area contributed by atoms with E-state index in [1.807, 2.05) is 30.3 Å². The molecule has 0 aliphatic carbocycles. The van der Waals surface area contributed by atoms with Crippen molar-refractivity contribution in [3.8, 4) is 0 Å². The highest BCUT2D eigenvalue weighted by atomic mass is 16.6. The summed E-state index contributed by atoms with van der Waals surface area (Å²) in [5.41, 5.74) is 0.116. The second-order valence-corrected chi connectivity index (χ2v) is 6.72. The van der Waals surface area contributed by atoms with E-state index in [9.17, 15) is 25.0 Å². The van der Waals surface area contributed by atoms with Crippen LogP contribution in [0.5, 0.6) is 0 Å². The molecule has 9 heteroatoms. The van der Waals surface area contributed by atoms with E-state index in [2.05, 4.69) is 10.2 Å². The van der Waals surface area contributed by atoms with E-state index in [0.29, 0.717) is 0 Å². The van der Waals surface area contributed by atoms with Gasteiger partial charge in [-0.1, -0.05) is 18.2 Å². The molecule has 1 heterocycles. The summed E-state index contributed by atoms with van der Waals surface area (Å²) in [5.74, 6) is -0.538. The van der Waals surface area contributed by atoms with Crippen LogP contribution in [0, 0.1) is 27.2 Å². The van der Waals surface area contributed by atoms with Crippen molar-refractivity contribution in [1.29, 1.82) is 0 Å². The molecule has 1 amide bonds. The maximum Gasteiger partial charge on any atom is 0.279 e. The average Bonchev–Trinajstić information content (AvgIpc) is 2.69. The zero-order valence-corrected chi connectivity index (χ0v) is 15.3. The molecule has 1 aliphatic rings. The molecule has 0 spiro atoms. The van der Waals surface area contributed by atoms with Gasteiger partial charge in [-0.25, -0.2) is 0 Å². The number of para-hydroxylation sites is 1. The lowest BCUT2D eigenvalue weighted by Gasteiger charge is -2.34. The molecule has 0 saturated carbocycles. The van der Waals surface area contributed by atoms with Crippen LogP contribution in [0.4, 0.5) is 17.1 Å². The van der Waals surface area contributed by atoms with Crippen molar-refractivity contribution in [3.63, 3.8) is 0 Å². The minimum absolute atomic E-state index is 0.0669. The first kappa shape index (κ1) is 19.3. The highest BCUT2D eigenvalue weighted by molar-refractivity contribution is 5.96. The lowest BCUT2D eigenvalue weighted by molar-refractivity contribution is -0.395. The third kappa shape index (κ3) is 4.08. The molecule has 0 unspecified atom stereocenters. The average molecular weight is 384 g/mol. The van der Waals surface area contributed by atoms with Gasteiger partial charge in [-0.05, 0) is 31.9 Å². The van der Waals surface area contributed by atoms with Gasteiger partial charge >= 0.3 is 0 Å². The highest BCUT2D eigenvalue weighted by Gasteiger charge is 2.27. The molecular formula is C19H20N4O5. The van der Waals surface area contributed by atoms with Gasteiger partial charge in [0.1, 0.15) is 5.56 Å². The molecule has 1 N–H and O–H groups in total. The van der Waals surface area contributed by atoms with Gasteiger partial charge in [0.25, 0.3) is 17.3 Å². The summed E-state index contributed by atoms with van der Waals surface area (Å²) in [6, 6.07) is 12.1. The molecule has 0 radical (unpaired) electrons. The maximum atomic E-state index is 12.6. The number of anilines is 1. The van der Waals surface area contributed by atoms with E-state index in [1.54, 1.807) is 0 Å². The lowest BCUT2D eigenvalue weighted by Crippen LogP contribution is -2.44. The van der Waals surface area contributed by atoms with E-state index in [1.165, 1.54) is 6.92 Å². The summed E-state index contributed by atoms with van der Waals surface area (Å²) < 4.78 is 0. The largest absolute Gasteiger partial charge is 0.371 e. The Morgan fingerprint density at radius 1 is 1.04 bits per heavy atom. The molecule has 2 aromatic carbocycles. The molecular weight excluding hydrogens is 364 g/mol. The number of carbonyl (C=O) groups is 1. The quantitative estimate of drug-likeness (QED) is 0.624. The molecule has 3 rings (SSSR count). The third-order valence-corrected chi connectivity index (χ3v) is 4.96. The SMILES string of the molecule is Cc1c([N+](=O)[O-])cc(C(=O)NC2CCN(c3ccccc3)CC2)cc1[N+](=O)[O-]. The fourth-order valence-electron chi connectivity index (χ4n) is 3.38. The molecule has 0 aromatic heterocycles. The Morgan fingerprint density at radius 2 is 1.57 bits per heavy atom. The Bertz CT molecular complexity index is 873. The van der Waals surface area contributed by atoms with Crippen molar-refractivity contribution < 1.29 is 14.6 Å². The lowest BCUT2D eigenvalue weighted by atomic mass is 10.0. The summed E-state index contributed by atoms with van der Waals surface area (Å²) in [6.45, 7) is 2.84. The first-order valence-electron chi connectivity index (χ1n) is 8.91. The Hall–Kier alpha value is -3.49. The van der Waals surface area contributed by atoms with Crippen molar-refractivity contribution in [2.24, 2.45) is 0 Å². The normalized spacial score (nSPS) is 14.5. The van der Waals surface area contributed by atoms with E-state index in [-0.39, 0.29) is 17.2 Å². The number of hydrogen-bond acceptors (Lipinski definition) is 6. The minimum atomic E-state index is -0.711. The first-order valence-corrected chi connectivity index (χ1v) is 8.91. The van der Waals surface area contributed by atoms with Crippen LogP contribution in [0.2, 0.25) is 0 Å². The van der Waals surface area contributed by atoms with Gasteiger partial charge in [-0.3, -0.25) is 25.0 Å². The van der Waals surface area contributed by atoms with Crippen molar-refractivity contribution in [2.75, 3.05) is 18.0 Å². The number of piperidine rings is 1. The highest BCUT2D eigenvalue weighted by Crippen LogP contribution is 2.29. The fraction of sp³-hybridized carbons (Fsp3) is 0.316. The van der Waals surface area contributed by atoms with Crippen LogP contribution in [0.1, 0.15) is 28.8 Å². The van der Waals surface area contributed by atoms with Crippen LogP contribution in [-0.2, 0) is 0 Å². The number of amides is 1. The Balaban J connectivity index is 1.70. The second kappa shape index (κ2) is 8.03. The minimum Gasteiger partial charge on any atom is -0.371 e. The fourth-order valence-corrected chi connectivity index (χ4v) is 3.38. The molecule has 1 aliphatic heterocycles. The van der Waals surface area contributed by atoms with E-state index < -0.39 is 27.1 Å². The van der Waals surface area contributed by atoms with E-state index in [4.69, 9.17) is 0 Å². The second-order valence-electron chi connectivity index (χ2n) is 6.72. The van der Waals surface area contributed by atoms with Gasteiger partial charge in [-0.2, -0.15) is 0 Å². The van der Waals surface area contributed by atoms with Gasteiger partial charge in [0, 0.05) is 37.0 Å². The monoisotopic (exact) mass is 384 g/mol. The zero-order chi connectivity index (χ0) is 20.3. The first-order chi connectivity index (χ1) is 13.4. The van der Waals surface area contributed by atoms with Gasteiger partial charge in [0.15, 0.2) is 0 Å². The van der Waals surface area contributed by atoms with Gasteiger partial charge in [-0.15, -0.1) is 0 Å². The molecule has 9 nitrogen and oxygen atoms in total. The molecule has 0 bridgehead atoms.